The van der Waals surface area contributed by atoms with E-state index in [-0.39, 0.29) is 11.0 Å². The van der Waals surface area contributed by atoms with E-state index in [1.807, 2.05) is 0 Å². The largest absolute Gasteiger partial charge is 0.322 e. The number of hydrogen-bond acceptors (Lipinski definition) is 1. The number of fused-ring (bicyclic) bond motifs is 7. The minimum absolute atomic E-state index is 0.0221. The van der Waals surface area contributed by atoms with Gasteiger partial charge in [0.05, 0.1) is 0 Å². The van der Waals surface area contributed by atoms with Crippen molar-refractivity contribution < 1.29 is 0 Å². The van der Waals surface area contributed by atoms with Gasteiger partial charge in [-0.15, -0.1) is 0 Å². The van der Waals surface area contributed by atoms with Gasteiger partial charge >= 0.3 is 0 Å². The van der Waals surface area contributed by atoms with E-state index in [2.05, 4.69) is 94.4 Å². The number of hydrogen-bond donors (Lipinski definition) is 1. The van der Waals surface area contributed by atoms with E-state index in [4.69, 9.17) is 5.73 Å². The molecule has 0 heterocycles. The van der Waals surface area contributed by atoms with Crippen LogP contribution < -0.4 is 5.73 Å². The second-order valence-corrected chi connectivity index (χ2v) is 8.98. The lowest BCUT2D eigenvalue weighted by Crippen LogP contribution is -2.29. The molecule has 0 amide bonds. The Morgan fingerprint density at radius 1 is 0.741 bits per heavy atom. The maximum absolute atomic E-state index is 6.40. The third kappa shape index (κ3) is 2.22. The van der Waals surface area contributed by atoms with Crippen molar-refractivity contribution >= 4 is 21.5 Å². The smallest absolute Gasteiger partial charge is 0.0352 e. The summed E-state index contributed by atoms with van der Waals surface area (Å²) in [7, 11) is 0. The highest BCUT2D eigenvalue weighted by atomic mass is 14.7. The lowest BCUT2D eigenvalue weighted by Gasteiger charge is -2.25. The normalized spacial score (nSPS) is 15.1. The summed E-state index contributed by atoms with van der Waals surface area (Å²) in [5.41, 5.74) is 12.8. The second-order valence-electron chi connectivity index (χ2n) is 8.98. The Bertz CT molecular complexity index is 1220. The molecule has 27 heavy (non-hydrogen) atoms. The molecule has 0 saturated carbocycles. The summed E-state index contributed by atoms with van der Waals surface area (Å²) >= 11 is 0. The Kier molecular flexibility index (Phi) is 3.19. The average Bonchev–Trinajstić information content (AvgIpc) is 2.88. The molecule has 1 nitrogen and oxygen atoms in total. The van der Waals surface area contributed by atoms with Crippen LogP contribution in [-0.4, -0.2) is 0 Å². The van der Waals surface area contributed by atoms with E-state index in [0.717, 1.165) is 0 Å². The van der Waals surface area contributed by atoms with Crippen molar-refractivity contribution in [3.63, 3.8) is 0 Å². The van der Waals surface area contributed by atoms with Crippen molar-refractivity contribution in [2.24, 2.45) is 5.73 Å². The molecule has 0 bridgehead atoms. The summed E-state index contributed by atoms with van der Waals surface area (Å²) in [4.78, 5) is 0. The van der Waals surface area contributed by atoms with Crippen LogP contribution in [0.2, 0.25) is 0 Å². The molecule has 0 spiro atoms. The standard InChI is InChI=1S/C26H25N/c1-25(2)22-14-13-19-18-8-6-5-7-16(18)9-11-20(19)24(22)21-12-10-17(15-23(21)25)26(3,4)27/h5-15H,27H2,1-4H3. The van der Waals surface area contributed by atoms with E-state index in [9.17, 15) is 0 Å². The minimum Gasteiger partial charge on any atom is -0.322 e. The maximum Gasteiger partial charge on any atom is 0.0352 e. The molecule has 1 aliphatic carbocycles. The number of rotatable bonds is 1. The first-order chi connectivity index (χ1) is 12.8. The lowest BCUT2D eigenvalue weighted by atomic mass is 9.80. The first-order valence-electron chi connectivity index (χ1n) is 9.68. The summed E-state index contributed by atoms with van der Waals surface area (Å²) in [5, 5.41) is 5.29. The first kappa shape index (κ1) is 16.5. The number of nitrogens with two attached hydrogens (primary N) is 1. The molecule has 0 aliphatic heterocycles. The molecule has 0 saturated heterocycles. The molecule has 0 fully saturated rings. The average molecular weight is 351 g/mol. The third-order valence-corrected chi connectivity index (χ3v) is 6.31. The van der Waals surface area contributed by atoms with Gasteiger partial charge in [0.1, 0.15) is 0 Å². The van der Waals surface area contributed by atoms with Crippen molar-refractivity contribution in [3.05, 3.63) is 83.4 Å². The molecule has 1 aliphatic rings. The summed E-state index contributed by atoms with van der Waals surface area (Å²) in [5.74, 6) is 0. The molecular weight excluding hydrogens is 326 g/mol. The van der Waals surface area contributed by atoms with Crippen LogP contribution in [-0.2, 0) is 11.0 Å². The quantitative estimate of drug-likeness (QED) is 0.390. The van der Waals surface area contributed by atoms with Gasteiger partial charge in [0.2, 0.25) is 0 Å². The zero-order valence-corrected chi connectivity index (χ0v) is 16.4. The third-order valence-electron chi connectivity index (χ3n) is 6.31. The van der Waals surface area contributed by atoms with E-state index in [1.165, 1.54) is 49.4 Å². The van der Waals surface area contributed by atoms with Gasteiger partial charge in [0.25, 0.3) is 0 Å². The van der Waals surface area contributed by atoms with Gasteiger partial charge in [-0.1, -0.05) is 80.6 Å². The van der Waals surface area contributed by atoms with Gasteiger partial charge in [0.15, 0.2) is 0 Å². The van der Waals surface area contributed by atoms with Crippen LogP contribution in [0.1, 0.15) is 44.4 Å². The molecule has 4 aromatic rings. The van der Waals surface area contributed by atoms with E-state index in [0.29, 0.717) is 0 Å². The van der Waals surface area contributed by atoms with Gasteiger partial charge in [-0.25, -0.2) is 0 Å². The van der Waals surface area contributed by atoms with Gasteiger partial charge < -0.3 is 5.73 Å². The predicted octanol–water partition coefficient (Wildman–Crippen LogP) is 6.49. The van der Waals surface area contributed by atoms with Crippen molar-refractivity contribution in [2.75, 3.05) is 0 Å². The van der Waals surface area contributed by atoms with E-state index >= 15 is 0 Å². The van der Waals surface area contributed by atoms with Crippen molar-refractivity contribution in [2.45, 2.75) is 38.6 Å². The fourth-order valence-corrected chi connectivity index (χ4v) is 4.72. The van der Waals surface area contributed by atoms with Crippen LogP contribution in [0.3, 0.4) is 0 Å². The molecule has 1 heteroatoms. The fourth-order valence-electron chi connectivity index (χ4n) is 4.72. The van der Waals surface area contributed by atoms with E-state index < -0.39 is 0 Å². The zero-order chi connectivity index (χ0) is 19.0. The van der Waals surface area contributed by atoms with Crippen LogP contribution in [0.4, 0.5) is 0 Å². The highest BCUT2D eigenvalue weighted by molar-refractivity contribution is 6.14. The summed E-state index contributed by atoms with van der Waals surface area (Å²) in [6.07, 6.45) is 0. The Labute approximate surface area is 160 Å². The molecule has 4 aromatic carbocycles. The SMILES string of the molecule is CC(C)(N)c1ccc2c(c1)C(C)(C)c1ccc3c(ccc4ccccc43)c1-2. The molecule has 0 aromatic heterocycles. The number of benzene rings is 4. The Morgan fingerprint density at radius 2 is 1.48 bits per heavy atom. The highest BCUT2D eigenvalue weighted by Crippen LogP contribution is 2.52. The Morgan fingerprint density at radius 3 is 2.26 bits per heavy atom. The van der Waals surface area contributed by atoms with Crippen LogP contribution in [0.5, 0.6) is 0 Å². The van der Waals surface area contributed by atoms with Crippen LogP contribution >= 0.6 is 0 Å². The fraction of sp³-hybridized carbons (Fsp3) is 0.231. The minimum atomic E-state index is -0.335. The lowest BCUT2D eigenvalue weighted by molar-refractivity contribution is 0.551. The molecule has 0 atom stereocenters. The molecule has 0 radical (unpaired) electrons. The topological polar surface area (TPSA) is 26.0 Å². The molecular formula is C26H25N. The van der Waals surface area contributed by atoms with Crippen LogP contribution in [0.15, 0.2) is 66.7 Å². The molecule has 0 unspecified atom stereocenters. The molecule has 2 N–H and O–H groups in total. The van der Waals surface area contributed by atoms with Gasteiger partial charge in [-0.3, -0.25) is 0 Å². The maximum atomic E-state index is 6.40. The van der Waals surface area contributed by atoms with Gasteiger partial charge in [-0.2, -0.15) is 0 Å². The van der Waals surface area contributed by atoms with E-state index in [1.54, 1.807) is 0 Å². The summed E-state index contributed by atoms with van der Waals surface area (Å²) < 4.78 is 0. The molecule has 5 rings (SSSR count). The van der Waals surface area contributed by atoms with Crippen LogP contribution in [0, 0.1) is 0 Å². The highest BCUT2D eigenvalue weighted by Gasteiger charge is 2.37. The predicted molar refractivity (Wildman–Crippen MR) is 116 cm³/mol. The first-order valence-corrected chi connectivity index (χ1v) is 9.68. The summed E-state index contributed by atoms with van der Waals surface area (Å²) in [6.45, 7) is 8.81. The zero-order valence-electron chi connectivity index (χ0n) is 16.4. The second kappa shape index (κ2) is 5.21. The van der Waals surface area contributed by atoms with Crippen molar-refractivity contribution in [1.29, 1.82) is 0 Å². The Hall–Kier alpha value is -2.64. The van der Waals surface area contributed by atoms with Crippen molar-refractivity contribution in [3.8, 4) is 11.1 Å². The molecule has 134 valence electrons. The summed E-state index contributed by atoms with van der Waals surface area (Å²) in [6, 6.07) is 24.6. The Balaban J connectivity index is 1.88. The monoisotopic (exact) mass is 351 g/mol. The van der Waals surface area contributed by atoms with Crippen molar-refractivity contribution in [1.82, 2.24) is 0 Å². The van der Waals surface area contributed by atoms with Gasteiger partial charge in [0, 0.05) is 11.0 Å². The van der Waals surface area contributed by atoms with Crippen LogP contribution in [0.25, 0.3) is 32.7 Å². The van der Waals surface area contributed by atoms with Gasteiger partial charge in [-0.05, 0) is 63.2 Å².